The number of thioether (sulfide) groups is 1. The zero-order chi connectivity index (χ0) is 13.3. The van der Waals surface area contributed by atoms with Crippen molar-refractivity contribution < 1.29 is 4.39 Å². The predicted octanol–water partition coefficient (Wildman–Crippen LogP) is 4.44. The van der Waals surface area contributed by atoms with E-state index in [1.54, 1.807) is 17.8 Å². The van der Waals surface area contributed by atoms with Crippen LogP contribution in [0.2, 0.25) is 0 Å². The summed E-state index contributed by atoms with van der Waals surface area (Å²) in [6.45, 7) is 6.29. The third kappa shape index (κ3) is 3.06. The van der Waals surface area contributed by atoms with Crippen LogP contribution < -0.4 is 5.32 Å². The van der Waals surface area contributed by atoms with Gasteiger partial charge in [0.2, 0.25) is 0 Å². The molecule has 1 N–H and O–H groups in total. The summed E-state index contributed by atoms with van der Waals surface area (Å²) >= 11 is 4.88. The molecular weight excluding hydrogens is 315 g/mol. The summed E-state index contributed by atoms with van der Waals surface area (Å²) in [4.78, 5) is 4.61. The maximum atomic E-state index is 13.5. The van der Waals surface area contributed by atoms with Crippen molar-refractivity contribution in [2.24, 2.45) is 10.9 Å². The molecule has 0 saturated carbocycles. The molecule has 5 heteroatoms. The Morgan fingerprint density at radius 2 is 2.22 bits per heavy atom. The van der Waals surface area contributed by atoms with Crippen LogP contribution in [-0.2, 0) is 0 Å². The van der Waals surface area contributed by atoms with Gasteiger partial charge in [0.1, 0.15) is 5.82 Å². The van der Waals surface area contributed by atoms with Gasteiger partial charge in [0.05, 0.1) is 10.5 Å². The second-order valence-electron chi connectivity index (χ2n) is 4.76. The van der Waals surface area contributed by atoms with E-state index in [-0.39, 0.29) is 5.82 Å². The Bertz CT molecular complexity index is 488. The molecule has 1 aliphatic heterocycles. The normalized spacial score (nSPS) is 19.2. The largest absolute Gasteiger partial charge is 0.335 e. The molecule has 0 bridgehead atoms. The molecular formula is C13H16BrFN2S. The maximum absolute atomic E-state index is 13.5. The summed E-state index contributed by atoms with van der Waals surface area (Å²) in [6.07, 6.45) is 0. The molecule has 0 saturated heterocycles. The number of aryl methyl sites for hydroxylation is 1. The van der Waals surface area contributed by atoms with Crippen molar-refractivity contribution in [3.63, 3.8) is 0 Å². The second-order valence-corrected chi connectivity index (χ2v) is 6.63. The van der Waals surface area contributed by atoms with E-state index in [4.69, 9.17) is 0 Å². The zero-order valence-corrected chi connectivity index (χ0v) is 13.0. The van der Waals surface area contributed by atoms with Crippen molar-refractivity contribution in [1.29, 1.82) is 0 Å². The first-order chi connectivity index (χ1) is 8.47. The lowest BCUT2D eigenvalue weighted by Gasteiger charge is -2.10. The Balaban J connectivity index is 2.16. The highest BCUT2D eigenvalue weighted by molar-refractivity contribution is 9.10. The fraction of sp³-hybridized carbons (Fsp3) is 0.462. The predicted molar refractivity (Wildman–Crippen MR) is 81.0 cm³/mol. The third-order valence-electron chi connectivity index (χ3n) is 2.95. The van der Waals surface area contributed by atoms with Crippen molar-refractivity contribution in [1.82, 2.24) is 0 Å². The fourth-order valence-corrected chi connectivity index (χ4v) is 3.33. The number of rotatable bonds is 2. The van der Waals surface area contributed by atoms with Gasteiger partial charge in [-0.2, -0.15) is 0 Å². The molecule has 1 aromatic carbocycles. The molecule has 2 nitrogen and oxygen atoms in total. The first-order valence-electron chi connectivity index (χ1n) is 5.90. The first-order valence-corrected chi connectivity index (χ1v) is 7.68. The summed E-state index contributed by atoms with van der Waals surface area (Å²) in [5.74, 6) is 1.28. The first kappa shape index (κ1) is 13.9. The number of nitrogens with zero attached hydrogens (tertiary/aromatic N) is 1. The molecule has 1 heterocycles. The van der Waals surface area contributed by atoms with Crippen molar-refractivity contribution in [2.45, 2.75) is 26.8 Å². The van der Waals surface area contributed by atoms with Crippen LogP contribution in [0.15, 0.2) is 21.6 Å². The van der Waals surface area contributed by atoms with E-state index in [1.807, 2.05) is 6.92 Å². The van der Waals surface area contributed by atoms with Crippen LogP contribution in [0.4, 0.5) is 10.1 Å². The van der Waals surface area contributed by atoms with Crippen LogP contribution in [0.25, 0.3) is 0 Å². The molecule has 18 heavy (non-hydrogen) atoms. The summed E-state index contributed by atoms with van der Waals surface area (Å²) in [5.41, 5.74) is 1.78. The van der Waals surface area contributed by atoms with Gasteiger partial charge < -0.3 is 5.32 Å². The number of benzene rings is 1. The fourth-order valence-electron chi connectivity index (χ4n) is 1.70. The van der Waals surface area contributed by atoms with Crippen molar-refractivity contribution in [3.05, 3.63) is 28.0 Å². The topological polar surface area (TPSA) is 24.4 Å². The van der Waals surface area contributed by atoms with Crippen LogP contribution in [0.3, 0.4) is 0 Å². The minimum atomic E-state index is -0.257. The van der Waals surface area contributed by atoms with E-state index < -0.39 is 0 Å². The van der Waals surface area contributed by atoms with Gasteiger partial charge in [-0.15, -0.1) is 0 Å². The average Bonchev–Trinajstić information content (AvgIpc) is 2.74. The minimum Gasteiger partial charge on any atom is -0.335 e. The highest BCUT2D eigenvalue weighted by Crippen LogP contribution is 2.28. The number of hydrogen-bond acceptors (Lipinski definition) is 3. The Labute approximate surface area is 120 Å². The van der Waals surface area contributed by atoms with Crippen molar-refractivity contribution >= 4 is 38.5 Å². The molecule has 0 radical (unpaired) electrons. The maximum Gasteiger partial charge on any atom is 0.161 e. The Morgan fingerprint density at radius 3 is 2.83 bits per heavy atom. The number of halogens is 2. The molecule has 1 atom stereocenters. The van der Waals surface area contributed by atoms with Crippen molar-refractivity contribution in [3.8, 4) is 0 Å². The van der Waals surface area contributed by atoms with Gasteiger partial charge >= 0.3 is 0 Å². The van der Waals surface area contributed by atoms with Gasteiger partial charge in [0.25, 0.3) is 0 Å². The third-order valence-corrected chi connectivity index (χ3v) is 4.55. The van der Waals surface area contributed by atoms with Gasteiger partial charge in [-0.3, -0.25) is 4.99 Å². The number of amidine groups is 1. The molecule has 0 amide bonds. The average molecular weight is 331 g/mol. The van der Waals surface area contributed by atoms with Crippen LogP contribution in [-0.4, -0.2) is 17.0 Å². The minimum absolute atomic E-state index is 0.257. The summed E-state index contributed by atoms with van der Waals surface area (Å²) in [5, 5.41) is 4.10. The van der Waals surface area contributed by atoms with Gasteiger partial charge in [-0.25, -0.2) is 4.39 Å². The quantitative estimate of drug-likeness (QED) is 0.867. The molecule has 0 fully saturated rings. The Morgan fingerprint density at radius 1 is 1.50 bits per heavy atom. The van der Waals surface area contributed by atoms with E-state index in [0.29, 0.717) is 16.4 Å². The number of aliphatic imine (C=N–C) groups is 1. The van der Waals surface area contributed by atoms with E-state index >= 15 is 0 Å². The molecule has 0 aliphatic carbocycles. The highest BCUT2D eigenvalue weighted by Gasteiger charge is 2.21. The van der Waals surface area contributed by atoms with Crippen LogP contribution in [0, 0.1) is 18.7 Å². The molecule has 1 aliphatic rings. The summed E-state index contributed by atoms with van der Waals surface area (Å²) < 4.78 is 14.0. The molecule has 0 spiro atoms. The summed E-state index contributed by atoms with van der Waals surface area (Å²) in [7, 11) is 0. The number of hydrogen-bond donors (Lipinski definition) is 1. The molecule has 1 unspecified atom stereocenters. The highest BCUT2D eigenvalue weighted by atomic mass is 79.9. The second kappa shape index (κ2) is 5.61. The van der Waals surface area contributed by atoms with Gasteiger partial charge in [0.15, 0.2) is 5.17 Å². The lowest BCUT2D eigenvalue weighted by atomic mass is 10.1. The standard InChI is InChI=1S/C13H16BrFN2S/c1-7(2)12-6-18-13(17-12)16-11-5-10(15)9(14)4-8(11)3/h4-5,7,12H,6H2,1-3H3,(H,16,17). The smallest absolute Gasteiger partial charge is 0.161 e. The lowest BCUT2D eigenvalue weighted by Crippen LogP contribution is -2.12. The van der Waals surface area contributed by atoms with Gasteiger partial charge in [-0.05, 0) is 46.5 Å². The molecule has 1 aromatic rings. The van der Waals surface area contributed by atoms with E-state index in [2.05, 4.69) is 40.1 Å². The van der Waals surface area contributed by atoms with Crippen molar-refractivity contribution in [2.75, 3.05) is 11.1 Å². The monoisotopic (exact) mass is 330 g/mol. The van der Waals surface area contributed by atoms with E-state index in [1.165, 1.54) is 6.07 Å². The molecule has 98 valence electrons. The van der Waals surface area contributed by atoms with E-state index in [9.17, 15) is 4.39 Å². The van der Waals surface area contributed by atoms with E-state index in [0.717, 1.165) is 22.2 Å². The number of anilines is 1. The Kier molecular flexibility index (Phi) is 4.33. The van der Waals surface area contributed by atoms with Crippen LogP contribution in [0.1, 0.15) is 19.4 Å². The van der Waals surface area contributed by atoms with Crippen LogP contribution in [0.5, 0.6) is 0 Å². The summed E-state index contributed by atoms with van der Waals surface area (Å²) in [6, 6.07) is 3.64. The zero-order valence-electron chi connectivity index (χ0n) is 10.6. The van der Waals surface area contributed by atoms with Gasteiger partial charge in [0, 0.05) is 11.4 Å². The Hall–Kier alpha value is -0.550. The SMILES string of the molecule is Cc1cc(Br)c(F)cc1NC1=NC(C(C)C)CS1. The number of nitrogens with one attached hydrogen (secondary N) is 1. The molecule has 0 aromatic heterocycles. The van der Waals surface area contributed by atoms with Crippen LogP contribution >= 0.6 is 27.7 Å². The van der Waals surface area contributed by atoms with Gasteiger partial charge in [-0.1, -0.05) is 25.6 Å². The lowest BCUT2D eigenvalue weighted by molar-refractivity contribution is 0.543. The molecule has 2 rings (SSSR count).